The minimum Gasteiger partial charge on any atom is -0.495 e. The molecule has 2 aromatic rings. The number of carbonyl (C=O) groups excluding carboxylic acids is 2. The van der Waals surface area contributed by atoms with E-state index in [1.54, 1.807) is 18.2 Å². The second-order valence-corrected chi connectivity index (χ2v) is 8.06. The van der Waals surface area contributed by atoms with Gasteiger partial charge in [-0.3, -0.25) is 14.6 Å². The molecule has 1 aromatic carbocycles. The van der Waals surface area contributed by atoms with Crippen molar-refractivity contribution in [1.29, 1.82) is 0 Å². The molecule has 0 atom stereocenters. The number of para-hydroxylation sites is 2. The van der Waals surface area contributed by atoms with Gasteiger partial charge in [0, 0.05) is 51.4 Å². The second-order valence-electron chi connectivity index (χ2n) is 8.06. The van der Waals surface area contributed by atoms with Crippen molar-refractivity contribution in [2.75, 3.05) is 44.7 Å². The maximum absolute atomic E-state index is 12.9. The highest BCUT2D eigenvalue weighted by Gasteiger charge is 2.34. The van der Waals surface area contributed by atoms with Gasteiger partial charge in [0.25, 0.3) is 5.91 Å². The summed E-state index contributed by atoms with van der Waals surface area (Å²) in [4.78, 5) is 40.0. The first-order valence-electron chi connectivity index (χ1n) is 10.8. The Morgan fingerprint density at radius 1 is 1.10 bits per heavy atom. The molecule has 8 heteroatoms. The zero-order valence-corrected chi connectivity index (χ0v) is 18.2. The Kier molecular flexibility index (Phi) is 6.34. The van der Waals surface area contributed by atoms with Crippen LogP contribution >= 0.6 is 0 Å². The molecule has 2 amide bonds. The standard InChI is InChI=1S/C23H29N5O3/c1-17-15-25-19(16-24-17)23(30)28(18-7-8-18)10-9-22(29)27-13-11-26(12-14-27)20-5-3-4-6-21(20)31-2/h3-6,15-16,18H,7-14H2,1-2H3. The molecule has 1 saturated carbocycles. The van der Waals surface area contributed by atoms with E-state index in [0.29, 0.717) is 31.7 Å². The van der Waals surface area contributed by atoms with Gasteiger partial charge in [-0.05, 0) is 31.9 Å². The van der Waals surface area contributed by atoms with Crippen LogP contribution in [0.5, 0.6) is 5.75 Å². The molecular formula is C23H29N5O3. The zero-order valence-electron chi connectivity index (χ0n) is 18.2. The van der Waals surface area contributed by atoms with E-state index in [0.717, 1.165) is 43.1 Å². The summed E-state index contributed by atoms with van der Waals surface area (Å²) in [6.45, 7) is 5.11. The highest BCUT2D eigenvalue weighted by Crippen LogP contribution is 2.29. The normalized spacial score (nSPS) is 16.2. The topological polar surface area (TPSA) is 78.9 Å². The van der Waals surface area contributed by atoms with Crippen LogP contribution in [-0.4, -0.2) is 77.5 Å². The molecule has 8 nitrogen and oxygen atoms in total. The number of anilines is 1. The van der Waals surface area contributed by atoms with Gasteiger partial charge in [-0.1, -0.05) is 12.1 Å². The molecular weight excluding hydrogens is 394 g/mol. The first-order valence-corrected chi connectivity index (χ1v) is 10.8. The molecule has 2 aliphatic rings. The van der Waals surface area contributed by atoms with Crippen LogP contribution in [0.4, 0.5) is 5.69 Å². The molecule has 0 bridgehead atoms. The quantitative estimate of drug-likeness (QED) is 0.679. The van der Waals surface area contributed by atoms with E-state index in [1.165, 1.54) is 6.20 Å². The average molecular weight is 424 g/mol. The van der Waals surface area contributed by atoms with Crippen LogP contribution < -0.4 is 9.64 Å². The van der Waals surface area contributed by atoms with Gasteiger partial charge in [0.2, 0.25) is 5.91 Å². The lowest BCUT2D eigenvalue weighted by molar-refractivity contribution is -0.131. The van der Waals surface area contributed by atoms with Gasteiger partial charge in [0.1, 0.15) is 11.4 Å². The fourth-order valence-corrected chi connectivity index (χ4v) is 3.95. The molecule has 0 radical (unpaired) electrons. The van der Waals surface area contributed by atoms with E-state index in [9.17, 15) is 9.59 Å². The van der Waals surface area contributed by atoms with Gasteiger partial charge >= 0.3 is 0 Å². The van der Waals surface area contributed by atoms with Crippen LogP contribution in [0.1, 0.15) is 35.4 Å². The van der Waals surface area contributed by atoms with Crippen molar-refractivity contribution in [3.63, 3.8) is 0 Å². The van der Waals surface area contributed by atoms with E-state index in [-0.39, 0.29) is 17.9 Å². The number of nitrogens with zero attached hydrogens (tertiary/aromatic N) is 5. The summed E-state index contributed by atoms with van der Waals surface area (Å²) in [5.74, 6) is 0.803. The van der Waals surface area contributed by atoms with Crippen LogP contribution in [0.15, 0.2) is 36.7 Å². The number of ether oxygens (including phenoxy) is 1. The molecule has 2 heterocycles. The number of rotatable bonds is 7. The number of aryl methyl sites for hydroxylation is 1. The van der Waals surface area contributed by atoms with Crippen LogP contribution in [0.25, 0.3) is 0 Å². The third kappa shape index (κ3) is 4.95. The third-order valence-corrected chi connectivity index (χ3v) is 5.87. The van der Waals surface area contributed by atoms with Crippen molar-refractivity contribution < 1.29 is 14.3 Å². The Labute approximate surface area is 182 Å². The summed E-state index contributed by atoms with van der Waals surface area (Å²) in [5, 5.41) is 0. The number of amides is 2. The molecule has 0 unspecified atom stereocenters. The van der Waals surface area contributed by atoms with Crippen molar-refractivity contribution in [2.45, 2.75) is 32.2 Å². The number of benzene rings is 1. The summed E-state index contributed by atoms with van der Waals surface area (Å²) in [7, 11) is 1.67. The van der Waals surface area contributed by atoms with E-state index in [1.807, 2.05) is 36.1 Å². The summed E-state index contributed by atoms with van der Waals surface area (Å²) < 4.78 is 5.46. The van der Waals surface area contributed by atoms with Crippen molar-refractivity contribution >= 4 is 17.5 Å². The molecule has 1 aliphatic heterocycles. The SMILES string of the molecule is COc1ccccc1N1CCN(C(=O)CCN(C(=O)c2cnc(C)cn2)C2CC2)CC1. The summed E-state index contributed by atoms with van der Waals surface area (Å²) in [5.41, 5.74) is 2.18. The maximum Gasteiger partial charge on any atom is 0.274 e. The van der Waals surface area contributed by atoms with E-state index >= 15 is 0 Å². The Balaban J connectivity index is 1.31. The number of methoxy groups -OCH3 is 1. The summed E-state index contributed by atoms with van der Waals surface area (Å²) >= 11 is 0. The lowest BCUT2D eigenvalue weighted by Crippen LogP contribution is -2.49. The lowest BCUT2D eigenvalue weighted by atomic mass is 10.2. The number of aromatic nitrogens is 2. The Bertz CT molecular complexity index is 921. The molecule has 0 spiro atoms. The minimum absolute atomic E-state index is 0.0908. The van der Waals surface area contributed by atoms with Gasteiger partial charge < -0.3 is 19.4 Å². The number of piperazine rings is 1. The first-order chi connectivity index (χ1) is 15.1. The average Bonchev–Trinajstić information content (AvgIpc) is 3.65. The van der Waals surface area contributed by atoms with Crippen LogP contribution in [-0.2, 0) is 4.79 Å². The first kappa shape index (κ1) is 21.1. The summed E-state index contributed by atoms with van der Waals surface area (Å²) in [6, 6.07) is 8.16. The fraction of sp³-hybridized carbons (Fsp3) is 0.478. The van der Waals surface area contributed by atoms with Crippen LogP contribution in [0.2, 0.25) is 0 Å². The molecule has 1 saturated heterocycles. The predicted molar refractivity (Wildman–Crippen MR) is 117 cm³/mol. The number of carbonyl (C=O) groups is 2. The molecule has 2 fully saturated rings. The smallest absolute Gasteiger partial charge is 0.274 e. The molecule has 1 aromatic heterocycles. The fourth-order valence-electron chi connectivity index (χ4n) is 3.95. The predicted octanol–water partition coefficient (Wildman–Crippen LogP) is 2.14. The van der Waals surface area contributed by atoms with Gasteiger partial charge in [-0.2, -0.15) is 0 Å². The molecule has 4 rings (SSSR count). The van der Waals surface area contributed by atoms with Gasteiger partial charge in [0.05, 0.1) is 24.7 Å². The Hall–Kier alpha value is -3.16. The van der Waals surface area contributed by atoms with E-state index in [2.05, 4.69) is 14.9 Å². The largest absolute Gasteiger partial charge is 0.495 e. The van der Waals surface area contributed by atoms with Gasteiger partial charge in [-0.15, -0.1) is 0 Å². The van der Waals surface area contributed by atoms with Crippen LogP contribution in [0.3, 0.4) is 0 Å². The van der Waals surface area contributed by atoms with Crippen LogP contribution in [0, 0.1) is 6.92 Å². The molecule has 164 valence electrons. The highest BCUT2D eigenvalue weighted by atomic mass is 16.5. The molecule has 31 heavy (non-hydrogen) atoms. The van der Waals surface area contributed by atoms with E-state index in [4.69, 9.17) is 4.74 Å². The number of hydrogen-bond acceptors (Lipinski definition) is 6. The van der Waals surface area contributed by atoms with Crippen molar-refractivity contribution in [3.05, 3.63) is 48.0 Å². The molecule has 1 aliphatic carbocycles. The lowest BCUT2D eigenvalue weighted by Gasteiger charge is -2.37. The number of hydrogen-bond donors (Lipinski definition) is 0. The Morgan fingerprint density at radius 2 is 1.84 bits per heavy atom. The van der Waals surface area contributed by atoms with Crippen molar-refractivity contribution in [2.24, 2.45) is 0 Å². The maximum atomic E-state index is 12.9. The van der Waals surface area contributed by atoms with Gasteiger partial charge in [0.15, 0.2) is 0 Å². The van der Waals surface area contributed by atoms with Gasteiger partial charge in [-0.25, -0.2) is 4.98 Å². The monoisotopic (exact) mass is 423 g/mol. The van der Waals surface area contributed by atoms with Crippen molar-refractivity contribution in [1.82, 2.24) is 19.8 Å². The highest BCUT2D eigenvalue weighted by molar-refractivity contribution is 5.92. The second kappa shape index (κ2) is 9.32. The Morgan fingerprint density at radius 3 is 2.48 bits per heavy atom. The van der Waals surface area contributed by atoms with Crippen molar-refractivity contribution in [3.8, 4) is 5.75 Å². The zero-order chi connectivity index (χ0) is 21.8. The third-order valence-electron chi connectivity index (χ3n) is 5.87. The van der Waals surface area contributed by atoms with E-state index < -0.39 is 0 Å². The summed E-state index contributed by atoms with van der Waals surface area (Å²) in [6.07, 6.45) is 5.42. The molecule has 0 N–H and O–H groups in total. The minimum atomic E-state index is -0.135.